The van der Waals surface area contributed by atoms with E-state index >= 15 is 0 Å². The van der Waals surface area contributed by atoms with Crippen molar-refractivity contribution in [3.05, 3.63) is 54.1 Å². The highest BCUT2D eigenvalue weighted by molar-refractivity contribution is 6.05. The van der Waals surface area contributed by atoms with Crippen molar-refractivity contribution in [2.24, 2.45) is 11.0 Å². The quantitative estimate of drug-likeness (QED) is 0.376. The van der Waals surface area contributed by atoms with Gasteiger partial charge in [-0.2, -0.15) is 13.9 Å². The van der Waals surface area contributed by atoms with E-state index in [1.165, 1.54) is 29.3 Å². The maximum Gasteiger partial charge on any atom is 0.573 e. The summed E-state index contributed by atoms with van der Waals surface area (Å²) in [5.74, 6) is -0.546. The summed E-state index contributed by atoms with van der Waals surface area (Å²) >= 11 is 0. The monoisotopic (exact) mass is 487 g/mol. The summed E-state index contributed by atoms with van der Waals surface area (Å²) in [4.78, 5) is 12.7. The number of halogens is 5. The molecule has 0 spiro atoms. The highest BCUT2D eigenvalue weighted by atomic mass is 19.4. The molecule has 2 amide bonds. The highest BCUT2D eigenvalue weighted by Gasteiger charge is 2.32. The summed E-state index contributed by atoms with van der Waals surface area (Å²) in [5.41, 5.74) is 1.50. The molecule has 1 aliphatic rings. The van der Waals surface area contributed by atoms with Gasteiger partial charge in [-0.05, 0) is 66.9 Å². The van der Waals surface area contributed by atoms with Gasteiger partial charge in [-0.3, -0.25) is 0 Å². The summed E-state index contributed by atoms with van der Waals surface area (Å²) in [6.45, 7) is -2.16. The van der Waals surface area contributed by atoms with E-state index in [1.54, 1.807) is 19.2 Å². The zero-order valence-electron chi connectivity index (χ0n) is 18.0. The first-order valence-electron chi connectivity index (χ1n) is 10.2. The Morgan fingerprint density at radius 3 is 2.35 bits per heavy atom. The third-order valence-corrected chi connectivity index (χ3v) is 4.86. The van der Waals surface area contributed by atoms with E-state index in [4.69, 9.17) is 4.74 Å². The average molecular weight is 487 g/mol. The van der Waals surface area contributed by atoms with Gasteiger partial charge in [0.05, 0.1) is 12.3 Å². The number of anilines is 1. The molecule has 0 aromatic heterocycles. The number of alkyl halides is 5. The summed E-state index contributed by atoms with van der Waals surface area (Å²) in [6, 6.07) is 10.1. The molecular weight excluding hydrogens is 465 g/mol. The van der Waals surface area contributed by atoms with Gasteiger partial charge in [0.25, 0.3) is 0 Å². The zero-order valence-corrected chi connectivity index (χ0v) is 18.0. The molecule has 184 valence electrons. The fourth-order valence-corrected chi connectivity index (χ4v) is 3.41. The smallest absolute Gasteiger partial charge is 0.435 e. The van der Waals surface area contributed by atoms with Gasteiger partial charge in [-0.1, -0.05) is 0 Å². The van der Waals surface area contributed by atoms with Gasteiger partial charge in [-0.15, -0.1) is 13.2 Å². The molecule has 7 nitrogen and oxygen atoms in total. The molecule has 34 heavy (non-hydrogen) atoms. The molecule has 0 radical (unpaired) electrons. The van der Waals surface area contributed by atoms with Crippen LogP contribution in [0.1, 0.15) is 18.4 Å². The minimum Gasteiger partial charge on any atom is -0.435 e. The van der Waals surface area contributed by atoms with Crippen molar-refractivity contribution in [2.45, 2.75) is 25.8 Å². The van der Waals surface area contributed by atoms with Crippen LogP contribution < -0.4 is 14.8 Å². The Morgan fingerprint density at radius 1 is 1.12 bits per heavy atom. The van der Waals surface area contributed by atoms with E-state index in [1.807, 2.05) is 0 Å². The fraction of sp³-hybridized carbons (Fsp3) is 0.364. The number of hydrogen-bond acceptors (Lipinski definition) is 5. The lowest BCUT2D eigenvalue weighted by atomic mass is 9.93. The van der Waals surface area contributed by atoms with Crippen molar-refractivity contribution in [1.29, 1.82) is 0 Å². The lowest BCUT2D eigenvalue weighted by molar-refractivity contribution is -0.274. The molecule has 1 N–H and O–H groups in total. The summed E-state index contributed by atoms with van der Waals surface area (Å²) in [5, 5.41) is 8.20. The molecule has 3 rings (SSSR count). The standard InChI is InChI=1S/C22H22F5N3O4/c1-32-12-2-3-15-13-30(29-19(15)14-4-8-17(9-5-14)33-20(23)24)21(31)28-16-6-10-18(11-7-16)34-22(25,26)27/h4-11,15,20H,2-3,12-13H2,1H3,(H,28,31). The van der Waals surface area contributed by atoms with Crippen LogP contribution in [0.2, 0.25) is 0 Å². The van der Waals surface area contributed by atoms with Crippen molar-refractivity contribution in [1.82, 2.24) is 5.01 Å². The normalized spacial score (nSPS) is 15.9. The predicted octanol–water partition coefficient (Wildman–Crippen LogP) is 5.48. The lowest BCUT2D eigenvalue weighted by Crippen LogP contribution is -2.30. The Balaban J connectivity index is 1.71. The molecule has 0 saturated carbocycles. The van der Waals surface area contributed by atoms with Crippen molar-refractivity contribution < 1.29 is 41.0 Å². The maximum absolute atomic E-state index is 12.7. The number of hydrazone groups is 1. The molecule has 2 aromatic carbocycles. The molecule has 1 heterocycles. The molecule has 12 heteroatoms. The van der Waals surface area contributed by atoms with Crippen LogP contribution in [-0.4, -0.2) is 50.0 Å². The number of amides is 2. The van der Waals surface area contributed by atoms with Crippen molar-refractivity contribution in [2.75, 3.05) is 25.6 Å². The van der Waals surface area contributed by atoms with E-state index < -0.39 is 24.8 Å². The number of rotatable bonds is 9. The van der Waals surface area contributed by atoms with E-state index in [-0.39, 0.29) is 23.9 Å². The Kier molecular flexibility index (Phi) is 8.26. The van der Waals surface area contributed by atoms with Crippen LogP contribution in [0.25, 0.3) is 0 Å². The second-order valence-electron chi connectivity index (χ2n) is 7.30. The van der Waals surface area contributed by atoms with Crippen LogP contribution in [0, 0.1) is 5.92 Å². The van der Waals surface area contributed by atoms with Crippen LogP contribution in [-0.2, 0) is 4.74 Å². The van der Waals surface area contributed by atoms with E-state index in [9.17, 15) is 26.7 Å². The summed E-state index contributed by atoms with van der Waals surface area (Å²) < 4.78 is 75.0. The van der Waals surface area contributed by atoms with Gasteiger partial charge in [0, 0.05) is 25.3 Å². The van der Waals surface area contributed by atoms with Crippen LogP contribution >= 0.6 is 0 Å². The maximum atomic E-state index is 12.7. The molecule has 0 bridgehead atoms. The minimum atomic E-state index is -4.81. The number of hydrogen-bond donors (Lipinski definition) is 1. The highest BCUT2D eigenvalue weighted by Crippen LogP contribution is 2.27. The number of carbonyl (C=O) groups excluding carboxylic acids is 1. The van der Waals surface area contributed by atoms with Gasteiger partial charge >= 0.3 is 19.0 Å². The van der Waals surface area contributed by atoms with E-state index in [2.05, 4.69) is 19.9 Å². The van der Waals surface area contributed by atoms with Crippen LogP contribution in [0.5, 0.6) is 11.5 Å². The van der Waals surface area contributed by atoms with Gasteiger partial charge in [0.2, 0.25) is 0 Å². The van der Waals surface area contributed by atoms with Crippen LogP contribution in [0.15, 0.2) is 53.6 Å². The number of ether oxygens (including phenoxy) is 3. The Labute approximate surface area is 192 Å². The molecule has 0 aliphatic carbocycles. The SMILES string of the molecule is COCCCC1CN(C(=O)Nc2ccc(OC(F)(F)F)cc2)N=C1c1ccc(OC(F)F)cc1. The minimum absolute atomic E-state index is 0.000767. The fourth-order valence-electron chi connectivity index (χ4n) is 3.41. The van der Waals surface area contributed by atoms with Crippen LogP contribution in [0.3, 0.4) is 0 Å². The molecule has 0 fully saturated rings. The third kappa shape index (κ3) is 7.30. The first kappa shape index (κ1) is 25.2. The molecule has 1 unspecified atom stereocenters. The van der Waals surface area contributed by atoms with Gasteiger partial charge in [0.1, 0.15) is 11.5 Å². The van der Waals surface area contributed by atoms with Gasteiger partial charge in [-0.25, -0.2) is 9.80 Å². The van der Waals surface area contributed by atoms with Crippen molar-refractivity contribution in [3.8, 4) is 11.5 Å². The largest absolute Gasteiger partial charge is 0.573 e. The van der Waals surface area contributed by atoms with Crippen molar-refractivity contribution >= 4 is 17.4 Å². The van der Waals surface area contributed by atoms with Crippen molar-refractivity contribution in [3.63, 3.8) is 0 Å². The summed E-state index contributed by atoms with van der Waals surface area (Å²) in [7, 11) is 1.58. The van der Waals surface area contributed by atoms with E-state index in [0.717, 1.165) is 12.1 Å². The second kappa shape index (κ2) is 11.1. The zero-order chi connectivity index (χ0) is 24.7. The van der Waals surface area contributed by atoms with Gasteiger partial charge in [0.15, 0.2) is 0 Å². The molecule has 1 aliphatic heterocycles. The van der Waals surface area contributed by atoms with E-state index in [0.29, 0.717) is 30.7 Å². The first-order valence-corrected chi connectivity index (χ1v) is 10.2. The molecule has 0 saturated heterocycles. The Bertz CT molecular complexity index is 982. The Hall–Kier alpha value is -3.41. The Morgan fingerprint density at radius 2 is 1.76 bits per heavy atom. The number of nitrogens with zero attached hydrogens (tertiary/aromatic N) is 2. The topological polar surface area (TPSA) is 72.4 Å². The van der Waals surface area contributed by atoms with Crippen LogP contribution in [0.4, 0.5) is 32.4 Å². The molecule has 1 atom stereocenters. The molecule has 2 aromatic rings. The number of benzene rings is 2. The second-order valence-corrected chi connectivity index (χ2v) is 7.30. The average Bonchev–Trinajstić information content (AvgIpc) is 3.19. The number of urea groups is 1. The predicted molar refractivity (Wildman–Crippen MR) is 113 cm³/mol. The number of methoxy groups -OCH3 is 1. The number of carbonyl (C=O) groups is 1. The molecular formula is C22H22F5N3O4. The van der Waals surface area contributed by atoms with Gasteiger partial charge < -0.3 is 19.5 Å². The third-order valence-electron chi connectivity index (χ3n) is 4.86. The summed E-state index contributed by atoms with van der Waals surface area (Å²) in [6.07, 6.45) is -3.44. The number of nitrogens with one attached hydrogen (secondary N) is 1. The first-order chi connectivity index (χ1) is 16.1. The lowest BCUT2D eigenvalue weighted by Gasteiger charge is -2.16.